The molecule has 1 aliphatic carbocycles. The minimum Gasteiger partial charge on any atom is -0.481 e. The zero-order valence-corrected chi connectivity index (χ0v) is 10.4. The van der Waals surface area contributed by atoms with E-state index in [-0.39, 0.29) is 17.2 Å². The van der Waals surface area contributed by atoms with E-state index in [2.05, 4.69) is 17.9 Å². The van der Waals surface area contributed by atoms with E-state index >= 15 is 0 Å². The molecule has 0 heterocycles. The van der Waals surface area contributed by atoms with Crippen molar-refractivity contribution in [2.24, 2.45) is 11.8 Å². The van der Waals surface area contributed by atoms with Crippen molar-refractivity contribution < 1.29 is 14.7 Å². The average Bonchev–Trinajstić information content (AvgIpc) is 2.28. The van der Waals surface area contributed by atoms with Gasteiger partial charge >= 0.3 is 5.97 Å². The zero-order chi connectivity index (χ0) is 12.1. The molecule has 0 saturated heterocycles. The van der Waals surface area contributed by atoms with Gasteiger partial charge in [-0.15, -0.1) is 0 Å². The minimum atomic E-state index is -0.855. The smallest absolute Gasteiger partial charge is 0.307 e. The number of rotatable bonds is 4. The summed E-state index contributed by atoms with van der Waals surface area (Å²) in [6.07, 6.45) is 3.85. The highest BCUT2D eigenvalue weighted by atomic mass is 32.1. The van der Waals surface area contributed by atoms with E-state index in [1.807, 2.05) is 6.92 Å². The topological polar surface area (TPSA) is 66.4 Å². The van der Waals surface area contributed by atoms with E-state index in [1.54, 1.807) is 0 Å². The number of carbonyl (C=O) groups excluding carboxylic acids is 1. The Balaban J connectivity index is 2.60. The summed E-state index contributed by atoms with van der Waals surface area (Å²) >= 11 is 4.19. The second kappa shape index (κ2) is 6.13. The predicted molar refractivity (Wildman–Crippen MR) is 64.3 cm³/mol. The molecule has 1 rings (SSSR count). The van der Waals surface area contributed by atoms with Crippen LogP contribution in [0.5, 0.6) is 0 Å². The maximum atomic E-state index is 11.9. The van der Waals surface area contributed by atoms with Gasteiger partial charge in [-0.25, -0.2) is 0 Å². The molecule has 3 unspecified atom stereocenters. The second-order valence-electron chi connectivity index (χ2n) is 4.27. The fraction of sp³-hybridized carbons (Fsp3) is 0.818. The molecule has 0 bridgehead atoms. The molecule has 0 radical (unpaired) electrons. The molecule has 0 aliphatic heterocycles. The van der Waals surface area contributed by atoms with Crippen LogP contribution in [0.1, 0.15) is 39.0 Å². The molecule has 0 aromatic rings. The van der Waals surface area contributed by atoms with E-state index in [1.165, 1.54) is 0 Å². The number of carboxylic acids is 1. The number of carboxylic acid groups (broad SMARTS) is 1. The third-order valence-corrected chi connectivity index (χ3v) is 3.61. The van der Waals surface area contributed by atoms with Crippen LogP contribution in [0, 0.1) is 11.8 Å². The van der Waals surface area contributed by atoms with E-state index in [0.29, 0.717) is 12.8 Å². The Morgan fingerprint density at radius 1 is 1.38 bits per heavy atom. The molecule has 0 aromatic heterocycles. The Morgan fingerprint density at radius 3 is 2.44 bits per heavy atom. The van der Waals surface area contributed by atoms with Crippen LogP contribution < -0.4 is 5.32 Å². The highest BCUT2D eigenvalue weighted by Crippen LogP contribution is 2.30. The van der Waals surface area contributed by atoms with Gasteiger partial charge < -0.3 is 10.4 Å². The number of nitrogens with one attached hydrogen (secondary N) is 1. The number of amides is 1. The summed E-state index contributed by atoms with van der Waals surface area (Å²) in [6.45, 7) is 1.92. The van der Waals surface area contributed by atoms with Gasteiger partial charge in [-0.1, -0.05) is 19.8 Å². The zero-order valence-electron chi connectivity index (χ0n) is 9.48. The van der Waals surface area contributed by atoms with Crippen molar-refractivity contribution in [2.45, 2.75) is 44.4 Å². The van der Waals surface area contributed by atoms with Crippen LogP contribution in [0.3, 0.4) is 0 Å². The Labute approximate surface area is 101 Å². The summed E-state index contributed by atoms with van der Waals surface area (Å²) in [4.78, 5) is 22.9. The first-order valence-corrected chi connectivity index (χ1v) is 6.29. The van der Waals surface area contributed by atoms with Crippen LogP contribution in [-0.4, -0.2) is 22.4 Å². The number of thiol groups is 1. The normalized spacial score (nSPS) is 27.1. The van der Waals surface area contributed by atoms with Crippen LogP contribution in [-0.2, 0) is 9.59 Å². The Hall–Kier alpha value is -0.710. The molecule has 4 nitrogen and oxygen atoms in total. The highest BCUT2D eigenvalue weighted by Gasteiger charge is 2.35. The molecule has 1 saturated carbocycles. The van der Waals surface area contributed by atoms with Crippen molar-refractivity contribution in [3.8, 4) is 0 Å². The second-order valence-corrected chi connectivity index (χ2v) is 4.89. The van der Waals surface area contributed by atoms with Gasteiger partial charge in [0.15, 0.2) is 0 Å². The van der Waals surface area contributed by atoms with E-state index < -0.39 is 11.9 Å². The lowest BCUT2D eigenvalue weighted by Crippen LogP contribution is -2.42. The summed E-state index contributed by atoms with van der Waals surface area (Å²) in [5.74, 6) is -1.92. The Kier molecular flexibility index (Phi) is 5.12. The molecule has 1 aliphatic rings. The van der Waals surface area contributed by atoms with Gasteiger partial charge in [-0.3, -0.25) is 9.59 Å². The first-order chi connectivity index (χ1) is 7.56. The molecule has 0 aromatic carbocycles. The van der Waals surface area contributed by atoms with Crippen LogP contribution in [0.15, 0.2) is 0 Å². The molecule has 1 fully saturated rings. The number of aliphatic carboxylic acids is 1. The lowest BCUT2D eigenvalue weighted by molar-refractivity contribution is -0.148. The fourth-order valence-electron chi connectivity index (χ4n) is 2.11. The standard InChI is InChI=1S/C11H19NO3S/c1-2-9(16)12-10(13)7-5-3-4-6-8(7)11(14)15/h7-9,16H,2-6H2,1H3,(H,12,13)(H,14,15). The van der Waals surface area contributed by atoms with Crippen molar-refractivity contribution >= 4 is 24.5 Å². The van der Waals surface area contributed by atoms with E-state index in [4.69, 9.17) is 5.11 Å². The Morgan fingerprint density at radius 2 is 1.94 bits per heavy atom. The van der Waals surface area contributed by atoms with Crippen molar-refractivity contribution in [3.63, 3.8) is 0 Å². The average molecular weight is 245 g/mol. The van der Waals surface area contributed by atoms with Gasteiger partial charge in [0, 0.05) is 0 Å². The molecule has 3 atom stereocenters. The maximum absolute atomic E-state index is 11.9. The van der Waals surface area contributed by atoms with Crippen LogP contribution in [0.25, 0.3) is 0 Å². The molecule has 2 N–H and O–H groups in total. The Bertz CT molecular complexity index is 270. The molecule has 5 heteroatoms. The van der Waals surface area contributed by atoms with Gasteiger partial charge in [-0.05, 0) is 19.3 Å². The third kappa shape index (κ3) is 3.40. The maximum Gasteiger partial charge on any atom is 0.307 e. The molecular formula is C11H19NO3S. The monoisotopic (exact) mass is 245 g/mol. The van der Waals surface area contributed by atoms with Crippen LogP contribution in [0.2, 0.25) is 0 Å². The number of carbonyl (C=O) groups is 2. The third-order valence-electron chi connectivity index (χ3n) is 3.12. The molecule has 16 heavy (non-hydrogen) atoms. The largest absolute Gasteiger partial charge is 0.481 e. The van der Waals surface area contributed by atoms with E-state index in [9.17, 15) is 9.59 Å². The molecule has 0 spiro atoms. The fourth-order valence-corrected chi connectivity index (χ4v) is 2.24. The van der Waals surface area contributed by atoms with Crippen LogP contribution >= 0.6 is 12.6 Å². The summed E-state index contributed by atoms with van der Waals surface area (Å²) in [6, 6.07) is 0. The molecule has 1 amide bonds. The lowest BCUT2D eigenvalue weighted by atomic mass is 9.78. The van der Waals surface area contributed by atoms with Crippen LogP contribution in [0.4, 0.5) is 0 Å². The number of hydrogen-bond acceptors (Lipinski definition) is 3. The SMILES string of the molecule is CCC(S)NC(=O)C1CCCCC1C(=O)O. The lowest BCUT2D eigenvalue weighted by Gasteiger charge is -2.28. The predicted octanol–water partition coefficient (Wildman–Crippen LogP) is 1.66. The van der Waals surface area contributed by atoms with Crippen molar-refractivity contribution in [2.75, 3.05) is 0 Å². The first-order valence-electron chi connectivity index (χ1n) is 5.77. The van der Waals surface area contributed by atoms with Gasteiger partial charge in [-0.2, -0.15) is 12.6 Å². The van der Waals surface area contributed by atoms with Crippen molar-refractivity contribution in [1.82, 2.24) is 5.32 Å². The van der Waals surface area contributed by atoms with Gasteiger partial charge in [0.2, 0.25) is 5.91 Å². The van der Waals surface area contributed by atoms with Gasteiger partial charge in [0.25, 0.3) is 0 Å². The first kappa shape index (κ1) is 13.4. The molecular weight excluding hydrogens is 226 g/mol. The van der Waals surface area contributed by atoms with Gasteiger partial charge in [0.05, 0.1) is 17.2 Å². The minimum absolute atomic E-state index is 0.158. The summed E-state index contributed by atoms with van der Waals surface area (Å²) in [5, 5.41) is 11.6. The summed E-state index contributed by atoms with van der Waals surface area (Å²) in [5.41, 5.74) is 0. The van der Waals surface area contributed by atoms with Crippen molar-refractivity contribution in [1.29, 1.82) is 0 Å². The summed E-state index contributed by atoms with van der Waals surface area (Å²) < 4.78 is 0. The highest BCUT2D eigenvalue weighted by molar-refractivity contribution is 7.80. The van der Waals surface area contributed by atoms with Gasteiger partial charge in [0.1, 0.15) is 0 Å². The summed E-state index contributed by atoms with van der Waals surface area (Å²) in [7, 11) is 0. The van der Waals surface area contributed by atoms with Crippen molar-refractivity contribution in [3.05, 3.63) is 0 Å². The van der Waals surface area contributed by atoms with E-state index in [0.717, 1.165) is 19.3 Å². The number of hydrogen-bond donors (Lipinski definition) is 3. The quantitative estimate of drug-likeness (QED) is 0.521. The molecule has 92 valence electrons.